The highest BCUT2D eigenvalue weighted by Gasteiger charge is 2.35. The predicted molar refractivity (Wildman–Crippen MR) is 104 cm³/mol. The molecule has 0 atom stereocenters. The summed E-state index contributed by atoms with van der Waals surface area (Å²) in [5.41, 5.74) is 1.82. The second-order valence-corrected chi connectivity index (χ2v) is 7.52. The molecule has 1 aromatic rings. The molecule has 0 bridgehead atoms. The van der Waals surface area contributed by atoms with Gasteiger partial charge in [0.05, 0.1) is 11.1 Å². The fourth-order valence-corrected chi connectivity index (χ4v) is 3.80. The molecule has 6 heteroatoms. The Hall–Kier alpha value is -2.21. The van der Waals surface area contributed by atoms with Crippen molar-refractivity contribution in [2.24, 2.45) is 0 Å². The van der Waals surface area contributed by atoms with Gasteiger partial charge in [-0.25, -0.2) is 0 Å². The van der Waals surface area contributed by atoms with Gasteiger partial charge in [0, 0.05) is 19.5 Å². The molecule has 1 saturated heterocycles. The Morgan fingerprint density at radius 1 is 1.00 bits per heavy atom. The SMILES string of the molecule is Cc1ccc2c(c1)C(=O)N(CCC(=O)NCCCN1CCCCCC1)C2=O. The Morgan fingerprint density at radius 2 is 1.70 bits per heavy atom. The summed E-state index contributed by atoms with van der Waals surface area (Å²) in [6.45, 7) is 5.98. The number of hydrogen-bond donors (Lipinski definition) is 1. The number of carbonyl (C=O) groups excluding carboxylic acids is 3. The Bertz CT molecular complexity index is 709. The van der Waals surface area contributed by atoms with Crippen LogP contribution in [0.5, 0.6) is 0 Å². The molecule has 6 nitrogen and oxygen atoms in total. The van der Waals surface area contributed by atoms with Gasteiger partial charge in [-0.3, -0.25) is 19.3 Å². The van der Waals surface area contributed by atoms with Gasteiger partial charge in [0.2, 0.25) is 5.91 Å². The summed E-state index contributed by atoms with van der Waals surface area (Å²) < 4.78 is 0. The number of hydrogen-bond acceptors (Lipinski definition) is 4. The number of imide groups is 1. The maximum absolute atomic E-state index is 12.4. The van der Waals surface area contributed by atoms with Crippen LogP contribution in [-0.4, -0.2) is 60.2 Å². The maximum atomic E-state index is 12.4. The van der Waals surface area contributed by atoms with Crippen molar-refractivity contribution in [3.05, 3.63) is 34.9 Å². The maximum Gasteiger partial charge on any atom is 0.261 e. The van der Waals surface area contributed by atoms with Gasteiger partial charge in [0.1, 0.15) is 0 Å². The van der Waals surface area contributed by atoms with Crippen molar-refractivity contribution in [3.8, 4) is 0 Å². The zero-order valence-corrected chi connectivity index (χ0v) is 16.1. The van der Waals surface area contributed by atoms with Crippen LogP contribution in [0.25, 0.3) is 0 Å². The molecule has 0 aromatic heterocycles. The Labute approximate surface area is 160 Å². The molecule has 0 radical (unpaired) electrons. The van der Waals surface area contributed by atoms with Crippen LogP contribution >= 0.6 is 0 Å². The van der Waals surface area contributed by atoms with Crippen LogP contribution in [0.2, 0.25) is 0 Å². The lowest BCUT2D eigenvalue weighted by atomic mass is 10.1. The minimum Gasteiger partial charge on any atom is -0.356 e. The molecule has 2 aliphatic heterocycles. The fraction of sp³-hybridized carbons (Fsp3) is 0.571. The van der Waals surface area contributed by atoms with Gasteiger partial charge in [0.25, 0.3) is 11.8 Å². The van der Waals surface area contributed by atoms with Gasteiger partial charge in [-0.15, -0.1) is 0 Å². The van der Waals surface area contributed by atoms with Crippen molar-refractivity contribution in [2.45, 2.75) is 45.4 Å². The molecule has 1 N–H and O–H groups in total. The van der Waals surface area contributed by atoms with Gasteiger partial charge < -0.3 is 10.2 Å². The van der Waals surface area contributed by atoms with Crippen molar-refractivity contribution in [1.82, 2.24) is 15.1 Å². The molecular weight excluding hydrogens is 342 g/mol. The summed E-state index contributed by atoms with van der Waals surface area (Å²) in [4.78, 5) is 40.5. The first-order valence-corrected chi connectivity index (χ1v) is 10.0. The quantitative estimate of drug-likeness (QED) is 0.590. The number of amides is 3. The van der Waals surface area contributed by atoms with Gasteiger partial charge >= 0.3 is 0 Å². The minimum atomic E-state index is -0.302. The molecule has 0 spiro atoms. The first kappa shape index (κ1) is 19.5. The van der Waals surface area contributed by atoms with Crippen LogP contribution in [0.4, 0.5) is 0 Å². The van der Waals surface area contributed by atoms with E-state index in [0.29, 0.717) is 17.7 Å². The first-order chi connectivity index (χ1) is 13.1. The van der Waals surface area contributed by atoms with Crippen molar-refractivity contribution in [3.63, 3.8) is 0 Å². The van der Waals surface area contributed by atoms with Crippen LogP contribution in [0.1, 0.15) is 64.8 Å². The van der Waals surface area contributed by atoms with Gasteiger partial charge in [-0.2, -0.15) is 0 Å². The van der Waals surface area contributed by atoms with Crippen molar-refractivity contribution in [1.29, 1.82) is 0 Å². The normalized spacial score (nSPS) is 17.7. The van der Waals surface area contributed by atoms with E-state index < -0.39 is 0 Å². The van der Waals surface area contributed by atoms with E-state index in [4.69, 9.17) is 0 Å². The zero-order chi connectivity index (χ0) is 19.2. The third kappa shape index (κ3) is 4.95. The highest BCUT2D eigenvalue weighted by molar-refractivity contribution is 6.21. The Balaban J connectivity index is 1.38. The number of aryl methyl sites for hydroxylation is 1. The second kappa shape index (κ2) is 9.13. The van der Waals surface area contributed by atoms with E-state index in [1.54, 1.807) is 12.1 Å². The van der Waals surface area contributed by atoms with E-state index >= 15 is 0 Å². The molecule has 3 amide bonds. The summed E-state index contributed by atoms with van der Waals surface area (Å²) >= 11 is 0. The average molecular weight is 371 g/mol. The van der Waals surface area contributed by atoms with Crippen LogP contribution in [0.15, 0.2) is 18.2 Å². The first-order valence-electron chi connectivity index (χ1n) is 10.0. The van der Waals surface area contributed by atoms with Gasteiger partial charge in [-0.1, -0.05) is 24.5 Å². The molecule has 27 heavy (non-hydrogen) atoms. The number of likely N-dealkylation sites (tertiary alicyclic amines) is 1. The molecule has 2 aliphatic rings. The molecule has 0 saturated carbocycles. The Morgan fingerprint density at radius 3 is 2.44 bits per heavy atom. The summed E-state index contributed by atoms with van der Waals surface area (Å²) in [7, 11) is 0. The smallest absolute Gasteiger partial charge is 0.261 e. The molecule has 1 fully saturated rings. The van der Waals surface area contributed by atoms with Crippen LogP contribution in [0, 0.1) is 6.92 Å². The largest absolute Gasteiger partial charge is 0.356 e. The lowest BCUT2D eigenvalue weighted by Gasteiger charge is -2.19. The average Bonchev–Trinajstić information content (AvgIpc) is 2.84. The molecule has 1 aromatic carbocycles. The molecular formula is C21H29N3O3. The number of benzene rings is 1. The van der Waals surface area contributed by atoms with Gasteiger partial charge in [-0.05, 0) is 58.0 Å². The third-order valence-electron chi connectivity index (χ3n) is 5.36. The summed E-state index contributed by atoms with van der Waals surface area (Å²) in [5.74, 6) is -0.713. The third-order valence-corrected chi connectivity index (χ3v) is 5.36. The summed E-state index contributed by atoms with van der Waals surface area (Å²) in [6.07, 6.45) is 6.26. The number of carbonyl (C=O) groups is 3. The van der Waals surface area contributed by atoms with Crippen LogP contribution < -0.4 is 5.32 Å². The van der Waals surface area contributed by atoms with E-state index in [9.17, 15) is 14.4 Å². The van der Waals surface area contributed by atoms with E-state index in [2.05, 4.69) is 10.2 Å². The van der Waals surface area contributed by atoms with Gasteiger partial charge in [0.15, 0.2) is 0 Å². The predicted octanol–water partition coefficient (Wildman–Crippen LogP) is 2.36. The van der Waals surface area contributed by atoms with Crippen molar-refractivity contribution in [2.75, 3.05) is 32.7 Å². The van der Waals surface area contributed by atoms with E-state index in [1.165, 1.54) is 30.6 Å². The zero-order valence-electron chi connectivity index (χ0n) is 16.1. The number of fused-ring (bicyclic) bond motifs is 1. The highest BCUT2D eigenvalue weighted by atomic mass is 16.2. The number of nitrogens with one attached hydrogen (secondary N) is 1. The minimum absolute atomic E-state index is 0.112. The highest BCUT2D eigenvalue weighted by Crippen LogP contribution is 2.23. The summed E-state index contributed by atoms with van der Waals surface area (Å²) in [5, 5.41) is 2.91. The van der Waals surface area contributed by atoms with Crippen molar-refractivity contribution >= 4 is 17.7 Å². The van der Waals surface area contributed by atoms with E-state index in [0.717, 1.165) is 31.6 Å². The molecule has 0 aliphatic carbocycles. The Kier molecular flexibility index (Phi) is 6.61. The van der Waals surface area contributed by atoms with Crippen LogP contribution in [0.3, 0.4) is 0 Å². The van der Waals surface area contributed by atoms with Crippen molar-refractivity contribution < 1.29 is 14.4 Å². The standard InChI is InChI=1S/C21H29N3O3/c1-16-7-8-17-18(15-16)21(27)24(20(17)26)14-9-19(25)22-10-6-13-23-11-4-2-3-5-12-23/h7-8,15H,2-6,9-14H2,1H3,(H,22,25). The summed E-state index contributed by atoms with van der Waals surface area (Å²) in [6, 6.07) is 5.25. The number of nitrogens with zero attached hydrogens (tertiary/aromatic N) is 2. The molecule has 2 heterocycles. The topological polar surface area (TPSA) is 69.7 Å². The fourth-order valence-electron chi connectivity index (χ4n) is 3.80. The van der Waals surface area contributed by atoms with E-state index in [-0.39, 0.29) is 30.7 Å². The lowest BCUT2D eigenvalue weighted by molar-refractivity contribution is -0.121. The second-order valence-electron chi connectivity index (χ2n) is 7.52. The molecule has 3 rings (SSSR count). The molecule has 146 valence electrons. The monoisotopic (exact) mass is 371 g/mol. The molecule has 0 unspecified atom stereocenters. The number of rotatable bonds is 7. The van der Waals surface area contributed by atoms with Crippen LogP contribution in [-0.2, 0) is 4.79 Å². The van der Waals surface area contributed by atoms with E-state index in [1.807, 2.05) is 13.0 Å². The lowest BCUT2D eigenvalue weighted by Crippen LogP contribution is -2.35.